The van der Waals surface area contributed by atoms with Crippen molar-refractivity contribution in [2.24, 2.45) is 11.8 Å². The van der Waals surface area contributed by atoms with E-state index >= 15 is 0 Å². The Labute approximate surface area is 369 Å². The number of ether oxygens (including phenoxy) is 2. The summed E-state index contributed by atoms with van der Waals surface area (Å²) in [6.07, 6.45) is 27.3. The van der Waals surface area contributed by atoms with Crippen molar-refractivity contribution in [1.82, 2.24) is 0 Å². The fourth-order valence-electron chi connectivity index (χ4n) is 6.68. The number of carbonyl (C=O) groups excluding carboxylic acids is 3. The highest BCUT2D eigenvalue weighted by Crippen LogP contribution is 2.44. The number of carbonyl (C=O) groups is 3. The third-order valence-electron chi connectivity index (χ3n) is 10.1. The zero-order valence-corrected chi connectivity index (χ0v) is 38.7. The Morgan fingerprint density at radius 3 is 2.00 bits per heavy atom. The first-order chi connectivity index (χ1) is 29.6. The van der Waals surface area contributed by atoms with Crippen LogP contribution in [-0.2, 0) is 46.6 Å². The predicted molar refractivity (Wildman–Crippen MR) is 235 cm³/mol. The molecule has 0 aromatic rings. The fraction of sp³-hybridized carbons (Fsp3) is 0.750. The number of phosphoric ester groups is 2. The Morgan fingerprint density at radius 1 is 0.726 bits per heavy atom. The van der Waals surface area contributed by atoms with Gasteiger partial charge in [0.25, 0.3) is 0 Å². The van der Waals surface area contributed by atoms with Crippen molar-refractivity contribution in [3.05, 3.63) is 48.6 Å². The molecule has 0 amide bonds. The van der Waals surface area contributed by atoms with E-state index in [9.17, 15) is 43.7 Å². The predicted octanol–water partition coefficient (Wildman–Crippen LogP) is 8.04. The third-order valence-corrected chi connectivity index (χ3v) is 11.5. The van der Waals surface area contributed by atoms with E-state index in [1.54, 1.807) is 12.2 Å². The van der Waals surface area contributed by atoms with Crippen LogP contribution >= 0.6 is 15.6 Å². The van der Waals surface area contributed by atoms with Crippen LogP contribution in [0.1, 0.15) is 149 Å². The van der Waals surface area contributed by atoms with Crippen LogP contribution in [0.4, 0.5) is 0 Å². The number of Topliss-reactive ketones (excluding diaryl/α,β-unsaturated/α-hetero) is 1. The zero-order valence-electron chi connectivity index (χ0n) is 36.9. The number of rotatable bonds is 38. The molecule has 1 saturated carbocycles. The molecule has 1 aliphatic carbocycles. The lowest BCUT2D eigenvalue weighted by molar-refractivity contribution is -0.161. The Balaban J connectivity index is 2.54. The van der Waals surface area contributed by atoms with E-state index in [2.05, 4.69) is 59.4 Å². The Hall–Kier alpha value is -2.33. The van der Waals surface area contributed by atoms with E-state index in [1.165, 1.54) is 0 Å². The van der Waals surface area contributed by atoms with E-state index in [0.29, 0.717) is 32.1 Å². The first-order valence-corrected chi connectivity index (χ1v) is 25.5. The van der Waals surface area contributed by atoms with Crippen molar-refractivity contribution in [2.45, 2.75) is 173 Å². The number of allylic oxidation sites excluding steroid dienone is 7. The molecule has 0 heterocycles. The molecule has 0 aromatic carbocycles. The molecule has 358 valence electrons. The van der Waals surface area contributed by atoms with Gasteiger partial charge in [-0.15, -0.1) is 0 Å². The summed E-state index contributed by atoms with van der Waals surface area (Å²) in [4.78, 5) is 65.5. The topological polar surface area (TPSA) is 253 Å². The van der Waals surface area contributed by atoms with Gasteiger partial charge in [0.05, 0.1) is 32.0 Å². The molecular weight excluding hydrogens is 846 g/mol. The summed E-state index contributed by atoms with van der Waals surface area (Å²) < 4.78 is 47.8. The normalized spacial score (nSPS) is 19.8. The molecule has 0 aromatic heterocycles. The van der Waals surface area contributed by atoms with Gasteiger partial charge in [0.2, 0.25) is 0 Å². The van der Waals surface area contributed by atoms with E-state index in [1.807, 2.05) is 0 Å². The van der Waals surface area contributed by atoms with Crippen molar-refractivity contribution in [3.8, 4) is 0 Å². The molecule has 0 saturated heterocycles. The van der Waals surface area contributed by atoms with Gasteiger partial charge in [-0.1, -0.05) is 120 Å². The van der Waals surface area contributed by atoms with Crippen molar-refractivity contribution in [3.63, 3.8) is 0 Å². The van der Waals surface area contributed by atoms with Crippen molar-refractivity contribution >= 4 is 33.4 Å². The molecule has 0 aliphatic heterocycles. The summed E-state index contributed by atoms with van der Waals surface area (Å²) >= 11 is 0. The van der Waals surface area contributed by atoms with E-state index in [-0.39, 0.29) is 31.0 Å². The van der Waals surface area contributed by atoms with E-state index in [4.69, 9.17) is 23.8 Å². The number of hydrogen-bond acceptors (Lipinski definition) is 13. The number of hydrogen-bond donors (Lipinski definition) is 6. The van der Waals surface area contributed by atoms with Gasteiger partial charge in [-0.2, -0.15) is 0 Å². The lowest BCUT2D eigenvalue weighted by atomic mass is 9.88. The largest absolute Gasteiger partial charge is 0.472 e. The molecule has 0 radical (unpaired) electrons. The summed E-state index contributed by atoms with van der Waals surface area (Å²) in [5, 5.41) is 30.5. The monoisotopic (exact) mass is 922 g/mol. The molecule has 1 aliphatic rings. The molecule has 16 nitrogen and oxygen atoms in total. The number of phosphoric acid groups is 2. The summed E-state index contributed by atoms with van der Waals surface area (Å²) in [5.41, 5.74) is 0. The molecular formula is C44H76O16P2. The van der Waals surface area contributed by atoms with Gasteiger partial charge in [-0.05, 0) is 63.7 Å². The van der Waals surface area contributed by atoms with Crippen LogP contribution in [0.15, 0.2) is 48.6 Å². The van der Waals surface area contributed by atoms with Crippen LogP contribution in [0.5, 0.6) is 0 Å². The average molecular weight is 923 g/mol. The number of aliphatic hydroxyl groups is 3. The quantitative estimate of drug-likeness (QED) is 0.0148. The van der Waals surface area contributed by atoms with Crippen molar-refractivity contribution in [2.75, 3.05) is 26.4 Å². The maximum Gasteiger partial charge on any atom is 0.472 e. The number of esters is 2. The Morgan fingerprint density at radius 2 is 1.32 bits per heavy atom. The van der Waals surface area contributed by atoms with Crippen LogP contribution in [0.2, 0.25) is 0 Å². The van der Waals surface area contributed by atoms with E-state index in [0.717, 1.165) is 83.5 Å². The van der Waals surface area contributed by atoms with Crippen LogP contribution in [0, 0.1) is 11.8 Å². The molecule has 62 heavy (non-hydrogen) atoms. The second-order valence-corrected chi connectivity index (χ2v) is 18.4. The van der Waals surface area contributed by atoms with Crippen molar-refractivity contribution < 1.29 is 76.6 Å². The van der Waals surface area contributed by atoms with Crippen LogP contribution < -0.4 is 0 Å². The maximum absolute atomic E-state index is 12.7. The summed E-state index contributed by atoms with van der Waals surface area (Å²) in [6, 6.07) is 0. The molecule has 1 rings (SSSR count). The molecule has 0 spiro atoms. The molecule has 6 N–H and O–H groups in total. The molecule has 1 fully saturated rings. The SMILES string of the molecule is CC/C=C\C/C=C\C/C=C\CCCCCCCC(=O)O[C@H](COC(=O)CCCCCC[C@H]1[C@@H](O)CC(=O)[C@@H]1/C=C/[C@@H](O)CCCCC)COP(=O)(O)OC[C@@H](O)COP(=O)(O)O. The first-order valence-electron chi connectivity index (χ1n) is 22.4. The number of aliphatic hydroxyl groups excluding tert-OH is 3. The molecule has 0 bridgehead atoms. The lowest BCUT2D eigenvalue weighted by Crippen LogP contribution is -2.30. The highest BCUT2D eigenvalue weighted by molar-refractivity contribution is 7.47. The van der Waals surface area contributed by atoms with Crippen LogP contribution in [0.25, 0.3) is 0 Å². The van der Waals surface area contributed by atoms with Gasteiger partial charge in [-0.25, -0.2) is 9.13 Å². The second-order valence-electron chi connectivity index (χ2n) is 15.7. The van der Waals surface area contributed by atoms with E-state index < -0.39 is 84.3 Å². The molecule has 1 unspecified atom stereocenters. The fourth-order valence-corrected chi connectivity index (χ4v) is 7.83. The van der Waals surface area contributed by atoms with Gasteiger partial charge in [-0.3, -0.25) is 28.0 Å². The van der Waals surface area contributed by atoms with Gasteiger partial charge in [0.15, 0.2) is 6.10 Å². The van der Waals surface area contributed by atoms with Gasteiger partial charge >= 0.3 is 27.6 Å². The zero-order chi connectivity index (χ0) is 46.1. The Bertz CT molecular complexity index is 1440. The lowest BCUT2D eigenvalue weighted by Gasteiger charge is -2.20. The molecule has 18 heteroatoms. The van der Waals surface area contributed by atoms with Gasteiger partial charge in [0, 0.05) is 25.2 Å². The summed E-state index contributed by atoms with van der Waals surface area (Å²) in [7, 11) is -9.77. The summed E-state index contributed by atoms with van der Waals surface area (Å²) in [6.45, 7) is 1.25. The first kappa shape index (κ1) is 57.7. The maximum atomic E-state index is 12.7. The highest BCUT2D eigenvalue weighted by Gasteiger charge is 2.39. The number of ketones is 1. The minimum atomic E-state index is -4.90. The minimum Gasteiger partial charge on any atom is -0.462 e. The second kappa shape index (κ2) is 35.0. The van der Waals surface area contributed by atoms with Crippen LogP contribution in [-0.4, -0.2) is 98.6 Å². The third kappa shape index (κ3) is 31.5. The van der Waals surface area contributed by atoms with Crippen LogP contribution in [0.3, 0.4) is 0 Å². The average Bonchev–Trinajstić information content (AvgIpc) is 3.49. The van der Waals surface area contributed by atoms with Crippen molar-refractivity contribution in [1.29, 1.82) is 0 Å². The van der Waals surface area contributed by atoms with Gasteiger partial charge < -0.3 is 39.5 Å². The Kier molecular flexibility index (Phi) is 32.6. The minimum absolute atomic E-state index is 0.0313. The summed E-state index contributed by atoms with van der Waals surface area (Å²) in [5.74, 6) is -1.90. The standard InChI is InChI=1S/C44H76O16P2/c1-3-5-7-8-9-10-11-12-13-14-15-16-17-18-24-28-44(50)60-38(35-59-62(54,55)58-33-37(46)32-57-61(51,52)53)34-56-43(49)27-23-20-19-22-26-39-40(42(48)31-41(39)47)30-29-36(45)25-21-6-4-2/h5,7,9-10,12-13,29-30,36-41,45-47H,3-4,6,8,11,14-28,31-35H2,1-2H3,(H,54,55)(H2,51,52,53)/b7-5-,10-9-,13-12-,30-29+/t36-,37-,38+,39+,40+,41-/m0/s1. The van der Waals surface area contributed by atoms with Gasteiger partial charge in [0.1, 0.15) is 18.5 Å². The smallest absolute Gasteiger partial charge is 0.462 e. The number of unbranched alkanes of at least 4 members (excludes halogenated alkanes) is 10. The highest BCUT2D eigenvalue weighted by atomic mass is 31.2. The molecule has 7 atom stereocenters.